The van der Waals surface area contributed by atoms with Gasteiger partial charge in [-0.3, -0.25) is 4.79 Å². The van der Waals surface area contributed by atoms with Crippen molar-refractivity contribution in [2.45, 2.75) is 13.0 Å². The molecule has 3 N–H and O–H groups in total. The molecule has 1 atom stereocenters. The van der Waals surface area contributed by atoms with E-state index in [1.165, 1.54) is 14.0 Å². The Morgan fingerprint density at radius 3 is 2.63 bits per heavy atom. The summed E-state index contributed by atoms with van der Waals surface area (Å²) < 4.78 is 5.01. The Morgan fingerprint density at radius 1 is 1.47 bits per heavy atom. The number of carboxylic acids is 1. The highest BCUT2D eigenvalue weighted by Crippen LogP contribution is 2.27. The van der Waals surface area contributed by atoms with E-state index < -0.39 is 17.9 Å². The Kier molecular flexibility index (Phi) is 5.44. The number of hydrogen-bond donors (Lipinski definition) is 3. The van der Waals surface area contributed by atoms with Gasteiger partial charge in [-0.15, -0.1) is 0 Å². The van der Waals surface area contributed by atoms with Crippen molar-refractivity contribution in [1.29, 1.82) is 0 Å². The number of amides is 1. The number of carbonyl (C=O) groups excluding carboxylic acids is 1. The monoisotopic (exact) mass is 286 g/mol. The molecular formula is C12H15ClN2O4. The molecule has 1 amide bonds. The molecule has 104 valence electrons. The summed E-state index contributed by atoms with van der Waals surface area (Å²) in [4.78, 5) is 21.8. The van der Waals surface area contributed by atoms with Crippen LogP contribution in [-0.4, -0.2) is 36.7 Å². The maximum Gasteiger partial charge on any atom is 0.328 e. The van der Waals surface area contributed by atoms with Crippen LogP contribution < -0.4 is 15.4 Å². The first-order chi connectivity index (χ1) is 8.93. The molecule has 0 heterocycles. The minimum absolute atomic E-state index is 0.0531. The highest BCUT2D eigenvalue weighted by Gasteiger charge is 2.17. The highest BCUT2D eigenvalue weighted by atomic mass is 35.5. The third-order valence-corrected chi connectivity index (χ3v) is 2.63. The highest BCUT2D eigenvalue weighted by molar-refractivity contribution is 6.32. The topological polar surface area (TPSA) is 87.7 Å². The molecule has 0 aliphatic heterocycles. The SMILES string of the molecule is COc1ccc(NCC(NC(C)=O)C(=O)O)cc1Cl. The van der Waals surface area contributed by atoms with Gasteiger partial charge in [0.1, 0.15) is 11.8 Å². The third-order valence-electron chi connectivity index (χ3n) is 2.34. The summed E-state index contributed by atoms with van der Waals surface area (Å²) in [5.41, 5.74) is 0.641. The standard InChI is InChI=1S/C12H15ClN2O4/c1-7(16)15-10(12(17)18)6-14-8-3-4-11(19-2)9(13)5-8/h3-5,10,14H,6H2,1-2H3,(H,15,16)(H,17,18). The van der Waals surface area contributed by atoms with E-state index in [1.54, 1.807) is 18.2 Å². The predicted molar refractivity (Wildman–Crippen MR) is 71.7 cm³/mol. The van der Waals surface area contributed by atoms with Crippen molar-refractivity contribution in [3.05, 3.63) is 23.2 Å². The average molecular weight is 287 g/mol. The number of aliphatic carboxylic acids is 1. The lowest BCUT2D eigenvalue weighted by molar-refractivity contribution is -0.141. The van der Waals surface area contributed by atoms with Crippen LogP contribution in [0.5, 0.6) is 5.75 Å². The molecule has 0 saturated carbocycles. The van der Waals surface area contributed by atoms with E-state index in [1.807, 2.05) is 0 Å². The van der Waals surface area contributed by atoms with Crippen LogP contribution in [0.2, 0.25) is 5.02 Å². The lowest BCUT2D eigenvalue weighted by Gasteiger charge is -2.15. The van der Waals surface area contributed by atoms with Crippen LogP contribution in [0.25, 0.3) is 0 Å². The Balaban J connectivity index is 2.66. The van der Waals surface area contributed by atoms with Gasteiger partial charge in [0, 0.05) is 19.2 Å². The first-order valence-electron chi connectivity index (χ1n) is 5.51. The van der Waals surface area contributed by atoms with Gasteiger partial charge in [0.2, 0.25) is 5.91 Å². The number of benzene rings is 1. The second kappa shape index (κ2) is 6.84. The van der Waals surface area contributed by atoms with E-state index in [4.69, 9.17) is 21.4 Å². The number of carboxylic acid groups (broad SMARTS) is 1. The van der Waals surface area contributed by atoms with Gasteiger partial charge in [-0.1, -0.05) is 11.6 Å². The first-order valence-corrected chi connectivity index (χ1v) is 5.89. The molecule has 6 nitrogen and oxygen atoms in total. The Bertz CT molecular complexity index is 479. The quantitative estimate of drug-likeness (QED) is 0.735. The third kappa shape index (κ3) is 4.67. The second-order valence-electron chi connectivity index (χ2n) is 3.82. The molecule has 0 aliphatic rings. The minimum atomic E-state index is -1.11. The van der Waals surface area contributed by atoms with E-state index in [0.717, 1.165) is 0 Å². The molecule has 1 aromatic carbocycles. The maximum absolute atomic E-state index is 10.9. The smallest absolute Gasteiger partial charge is 0.328 e. The van der Waals surface area contributed by atoms with Crippen molar-refractivity contribution in [3.8, 4) is 5.75 Å². The number of nitrogens with one attached hydrogen (secondary N) is 2. The van der Waals surface area contributed by atoms with Crippen molar-refractivity contribution in [1.82, 2.24) is 5.32 Å². The lowest BCUT2D eigenvalue weighted by Crippen LogP contribution is -2.44. The minimum Gasteiger partial charge on any atom is -0.495 e. The van der Waals surface area contributed by atoms with Crippen LogP contribution in [0.15, 0.2) is 18.2 Å². The zero-order valence-corrected chi connectivity index (χ0v) is 11.3. The Hall–Kier alpha value is -1.95. The van der Waals surface area contributed by atoms with Crippen LogP contribution in [-0.2, 0) is 9.59 Å². The number of hydrogen-bond acceptors (Lipinski definition) is 4. The molecule has 19 heavy (non-hydrogen) atoms. The zero-order chi connectivity index (χ0) is 14.4. The van der Waals surface area contributed by atoms with Crippen LogP contribution >= 0.6 is 11.6 Å². The molecule has 7 heteroatoms. The fourth-order valence-electron chi connectivity index (χ4n) is 1.44. The van der Waals surface area contributed by atoms with Crippen molar-refractivity contribution >= 4 is 29.2 Å². The van der Waals surface area contributed by atoms with E-state index >= 15 is 0 Å². The molecule has 0 spiro atoms. The van der Waals surface area contributed by atoms with Gasteiger partial charge in [-0.05, 0) is 18.2 Å². The number of carbonyl (C=O) groups is 2. The normalized spacial score (nSPS) is 11.5. The Morgan fingerprint density at radius 2 is 2.16 bits per heavy atom. The van der Waals surface area contributed by atoms with Gasteiger partial charge in [0.05, 0.1) is 12.1 Å². The summed E-state index contributed by atoms with van der Waals surface area (Å²) in [6.07, 6.45) is 0. The molecular weight excluding hydrogens is 272 g/mol. The number of halogens is 1. The van der Waals surface area contributed by atoms with Crippen LogP contribution in [0.1, 0.15) is 6.92 Å². The summed E-state index contributed by atoms with van der Waals surface area (Å²) in [6, 6.07) is 3.99. The summed E-state index contributed by atoms with van der Waals surface area (Å²) in [5.74, 6) is -0.979. The molecule has 1 rings (SSSR count). The molecule has 1 aromatic rings. The van der Waals surface area contributed by atoms with Gasteiger partial charge in [-0.2, -0.15) is 0 Å². The van der Waals surface area contributed by atoms with Gasteiger partial charge < -0.3 is 20.5 Å². The van der Waals surface area contributed by atoms with Gasteiger partial charge in [0.25, 0.3) is 0 Å². The van der Waals surface area contributed by atoms with Crippen LogP contribution in [0, 0.1) is 0 Å². The van der Waals surface area contributed by atoms with Crippen molar-refractivity contribution in [2.24, 2.45) is 0 Å². The molecule has 0 radical (unpaired) electrons. The number of ether oxygens (including phenoxy) is 1. The van der Waals surface area contributed by atoms with Crippen molar-refractivity contribution in [2.75, 3.05) is 19.0 Å². The van der Waals surface area contributed by atoms with E-state index in [9.17, 15) is 9.59 Å². The average Bonchev–Trinajstić information content (AvgIpc) is 2.34. The summed E-state index contributed by atoms with van der Waals surface area (Å²) in [7, 11) is 1.51. The second-order valence-corrected chi connectivity index (χ2v) is 4.23. The first kappa shape index (κ1) is 15.1. The van der Waals surface area contributed by atoms with E-state index in [-0.39, 0.29) is 6.54 Å². The lowest BCUT2D eigenvalue weighted by atomic mass is 10.2. The van der Waals surface area contributed by atoms with E-state index in [2.05, 4.69) is 10.6 Å². The zero-order valence-electron chi connectivity index (χ0n) is 10.6. The number of anilines is 1. The predicted octanol–water partition coefficient (Wildman–Crippen LogP) is 1.35. The van der Waals surface area contributed by atoms with Gasteiger partial charge in [0.15, 0.2) is 0 Å². The molecule has 0 aliphatic carbocycles. The number of methoxy groups -OCH3 is 1. The molecule has 0 saturated heterocycles. The van der Waals surface area contributed by atoms with Crippen LogP contribution in [0.3, 0.4) is 0 Å². The van der Waals surface area contributed by atoms with Crippen LogP contribution in [0.4, 0.5) is 5.69 Å². The Labute approximate surface area is 115 Å². The van der Waals surface area contributed by atoms with Gasteiger partial charge >= 0.3 is 5.97 Å². The molecule has 0 aromatic heterocycles. The van der Waals surface area contributed by atoms with E-state index in [0.29, 0.717) is 16.5 Å². The molecule has 1 unspecified atom stereocenters. The largest absolute Gasteiger partial charge is 0.495 e. The van der Waals surface area contributed by atoms with Gasteiger partial charge in [-0.25, -0.2) is 4.79 Å². The maximum atomic E-state index is 10.9. The fraction of sp³-hybridized carbons (Fsp3) is 0.333. The number of rotatable bonds is 6. The molecule has 0 fully saturated rings. The van der Waals surface area contributed by atoms with Crippen molar-refractivity contribution < 1.29 is 19.4 Å². The van der Waals surface area contributed by atoms with Crippen molar-refractivity contribution in [3.63, 3.8) is 0 Å². The summed E-state index contributed by atoms with van der Waals surface area (Å²) in [6.45, 7) is 1.32. The summed E-state index contributed by atoms with van der Waals surface area (Å²) in [5, 5.41) is 14.6. The molecule has 0 bridgehead atoms. The summed E-state index contributed by atoms with van der Waals surface area (Å²) >= 11 is 5.94. The fourth-order valence-corrected chi connectivity index (χ4v) is 1.70.